The lowest BCUT2D eigenvalue weighted by Gasteiger charge is -2.47. The van der Waals surface area contributed by atoms with Gasteiger partial charge in [-0.15, -0.1) is 0 Å². The summed E-state index contributed by atoms with van der Waals surface area (Å²) in [5.74, 6) is -0.785. The first-order valence-corrected chi connectivity index (χ1v) is 10.1. The van der Waals surface area contributed by atoms with Crippen molar-refractivity contribution < 1.29 is 19.2 Å². The van der Waals surface area contributed by atoms with Crippen LogP contribution in [0, 0.1) is 16.0 Å². The smallest absolute Gasteiger partial charge is 0.336 e. The normalized spacial score (nSPS) is 23.8. The zero-order valence-corrected chi connectivity index (χ0v) is 16.6. The monoisotopic (exact) mass is 396 g/mol. The minimum Gasteiger partial charge on any atom is -0.463 e. The first kappa shape index (κ1) is 19.4. The molecular weight excluding hydrogens is 372 g/mol. The molecule has 0 aromatic heterocycles. The highest BCUT2D eigenvalue weighted by atomic mass is 16.6. The fraction of sp³-hybridized carbons (Fsp3) is 0.455. The third-order valence-electron chi connectivity index (χ3n) is 6.19. The second-order valence-corrected chi connectivity index (χ2v) is 7.76. The Bertz CT molecular complexity index is 962. The van der Waals surface area contributed by atoms with E-state index in [1.54, 1.807) is 19.1 Å². The maximum Gasteiger partial charge on any atom is 0.336 e. The summed E-state index contributed by atoms with van der Waals surface area (Å²) in [5, 5.41) is 11.3. The predicted octanol–water partition coefficient (Wildman–Crippen LogP) is 3.86. The SMILES string of the molecule is CCOC(=O)C1=C(C)N2CCCC3CCC(=O)C(=C32)C1c1cccc([N+](=O)[O-])c1. The number of hydrogen-bond donors (Lipinski definition) is 0. The molecule has 0 spiro atoms. The number of non-ortho nitro benzene ring substituents is 1. The zero-order valence-electron chi connectivity index (χ0n) is 16.6. The molecule has 0 radical (unpaired) electrons. The van der Waals surface area contributed by atoms with Crippen molar-refractivity contribution in [3.05, 3.63) is 62.5 Å². The fourth-order valence-corrected chi connectivity index (χ4v) is 4.98. The number of nitrogens with zero attached hydrogens (tertiary/aromatic N) is 2. The van der Waals surface area contributed by atoms with E-state index >= 15 is 0 Å². The number of rotatable bonds is 4. The number of carbonyl (C=O) groups is 2. The van der Waals surface area contributed by atoms with E-state index in [-0.39, 0.29) is 24.0 Å². The van der Waals surface area contributed by atoms with Crippen molar-refractivity contribution in [1.29, 1.82) is 0 Å². The maximum absolute atomic E-state index is 13.1. The van der Waals surface area contributed by atoms with Gasteiger partial charge in [-0.3, -0.25) is 14.9 Å². The molecule has 152 valence electrons. The van der Waals surface area contributed by atoms with Gasteiger partial charge in [0.15, 0.2) is 5.78 Å². The molecule has 0 saturated carbocycles. The number of allylic oxidation sites excluding steroid dienone is 3. The van der Waals surface area contributed by atoms with Crippen molar-refractivity contribution in [3.8, 4) is 0 Å². The van der Waals surface area contributed by atoms with E-state index in [1.165, 1.54) is 12.1 Å². The minimum absolute atomic E-state index is 0.0222. The molecule has 2 aliphatic heterocycles. The van der Waals surface area contributed by atoms with Crippen molar-refractivity contribution in [1.82, 2.24) is 4.90 Å². The summed E-state index contributed by atoms with van der Waals surface area (Å²) in [7, 11) is 0. The molecule has 29 heavy (non-hydrogen) atoms. The summed E-state index contributed by atoms with van der Waals surface area (Å²) in [4.78, 5) is 39.1. The van der Waals surface area contributed by atoms with Gasteiger partial charge < -0.3 is 9.64 Å². The molecule has 2 heterocycles. The number of nitro groups is 1. The summed E-state index contributed by atoms with van der Waals surface area (Å²) >= 11 is 0. The number of ketones is 1. The number of esters is 1. The fourth-order valence-electron chi connectivity index (χ4n) is 4.98. The summed E-state index contributed by atoms with van der Waals surface area (Å²) < 4.78 is 5.34. The predicted molar refractivity (Wildman–Crippen MR) is 106 cm³/mol. The molecule has 2 unspecified atom stereocenters. The topological polar surface area (TPSA) is 89.8 Å². The highest BCUT2D eigenvalue weighted by molar-refractivity contribution is 6.04. The Morgan fingerprint density at radius 3 is 2.86 bits per heavy atom. The Morgan fingerprint density at radius 1 is 1.34 bits per heavy atom. The third kappa shape index (κ3) is 3.14. The van der Waals surface area contributed by atoms with Crippen molar-refractivity contribution in [2.24, 2.45) is 5.92 Å². The van der Waals surface area contributed by atoms with Crippen molar-refractivity contribution in [3.63, 3.8) is 0 Å². The van der Waals surface area contributed by atoms with Crippen molar-refractivity contribution in [2.45, 2.75) is 45.4 Å². The van der Waals surface area contributed by atoms with Crippen LogP contribution in [0.15, 0.2) is 46.8 Å². The maximum atomic E-state index is 13.1. The van der Waals surface area contributed by atoms with E-state index in [0.717, 1.165) is 37.2 Å². The summed E-state index contributed by atoms with van der Waals surface area (Å²) in [6.07, 6.45) is 3.28. The summed E-state index contributed by atoms with van der Waals surface area (Å²) in [6.45, 7) is 4.62. The van der Waals surface area contributed by atoms with E-state index in [9.17, 15) is 19.7 Å². The van der Waals surface area contributed by atoms with Crippen LogP contribution in [0.4, 0.5) is 5.69 Å². The standard InChI is InChI=1S/C22H24N2O5/c1-3-29-22(26)18-13(2)23-11-5-7-14-9-10-17(25)20(21(14)23)19(18)15-6-4-8-16(12-15)24(27)28/h4,6,8,12,14,19H,3,5,7,9-11H2,1-2H3. The van der Waals surface area contributed by atoms with Gasteiger partial charge in [0.25, 0.3) is 5.69 Å². The molecule has 3 aliphatic rings. The molecule has 4 rings (SSSR count). The third-order valence-corrected chi connectivity index (χ3v) is 6.19. The Labute approximate surface area is 169 Å². The van der Waals surface area contributed by atoms with Crippen LogP contribution in [0.2, 0.25) is 0 Å². The molecule has 1 saturated heterocycles. The van der Waals surface area contributed by atoms with E-state index in [2.05, 4.69) is 4.90 Å². The van der Waals surface area contributed by atoms with E-state index in [1.807, 2.05) is 6.92 Å². The summed E-state index contributed by atoms with van der Waals surface area (Å²) in [6, 6.07) is 6.26. The van der Waals surface area contributed by atoms with Crippen molar-refractivity contribution in [2.75, 3.05) is 13.2 Å². The van der Waals surface area contributed by atoms with E-state index < -0.39 is 16.8 Å². The highest BCUT2D eigenvalue weighted by Crippen LogP contribution is 2.50. The molecule has 1 aromatic rings. The van der Waals surface area contributed by atoms with Gasteiger partial charge in [-0.1, -0.05) is 12.1 Å². The molecule has 1 aliphatic carbocycles. The Balaban J connectivity index is 1.96. The first-order valence-electron chi connectivity index (χ1n) is 10.1. The largest absolute Gasteiger partial charge is 0.463 e. The van der Waals surface area contributed by atoms with Crippen LogP contribution in [0.3, 0.4) is 0 Å². The van der Waals surface area contributed by atoms with Crippen LogP contribution < -0.4 is 0 Å². The van der Waals surface area contributed by atoms with Crippen LogP contribution in [0.1, 0.15) is 51.0 Å². The minimum atomic E-state index is -0.631. The van der Waals surface area contributed by atoms with Gasteiger partial charge in [-0.25, -0.2) is 4.79 Å². The van der Waals surface area contributed by atoms with E-state index in [4.69, 9.17) is 4.74 Å². The molecular formula is C22H24N2O5. The number of hydrogen-bond acceptors (Lipinski definition) is 6. The molecule has 0 amide bonds. The van der Waals surface area contributed by atoms with Crippen LogP contribution in [-0.2, 0) is 14.3 Å². The second-order valence-electron chi connectivity index (χ2n) is 7.76. The molecule has 1 aromatic carbocycles. The molecule has 7 heteroatoms. The zero-order chi connectivity index (χ0) is 20.7. The number of nitro benzene ring substituents is 1. The lowest BCUT2D eigenvalue weighted by atomic mass is 9.69. The van der Waals surface area contributed by atoms with Gasteiger partial charge >= 0.3 is 5.97 Å². The Hall–Kier alpha value is -2.96. The molecule has 0 N–H and O–H groups in total. The quantitative estimate of drug-likeness (QED) is 0.436. The van der Waals surface area contributed by atoms with E-state index in [0.29, 0.717) is 23.1 Å². The Kier molecular flexibility index (Phi) is 4.98. The average molecular weight is 396 g/mol. The number of piperidine rings is 1. The molecule has 7 nitrogen and oxygen atoms in total. The van der Waals surface area contributed by atoms with Crippen LogP contribution in [0.25, 0.3) is 0 Å². The Morgan fingerprint density at radius 2 is 2.14 bits per heavy atom. The van der Waals surface area contributed by atoms with Gasteiger partial charge in [0.1, 0.15) is 0 Å². The highest BCUT2D eigenvalue weighted by Gasteiger charge is 2.45. The molecule has 0 bridgehead atoms. The first-order chi connectivity index (χ1) is 13.9. The van der Waals surface area contributed by atoms with Gasteiger partial charge in [0.2, 0.25) is 0 Å². The number of ether oxygens (including phenoxy) is 1. The lowest BCUT2D eigenvalue weighted by Crippen LogP contribution is -2.43. The summed E-state index contributed by atoms with van der Waals surface area (Å²) in [5.41, 5.74) is 3.37. The molecule has 1 fully saturated rings. The second kappa shape index (κ2) is 7.46. The van der Waals surface area contributed by atoms with Gasteiger partial charge in [0, 0.05) is 53.9 Å². The number of Topliss-reactive ketones (excluding diaryl/α,β-unsaturated/α-hetero) is 1. The molecule has 2 atom stereocenters. The van der Waals surface area contributed by atoms with Gasteiger partial charge in [0.05, 0.1) is 17.1 Å². The van der Waals surface area contributed by atoms with Gasteiger partial charge in [-0.05, 0) is 38.7 Å². The van der Waals surface area contributed by atoms with Crippen LogP contribution in [-0.4, -0.2) is 34.7 Å². The van der Waals surface area contributed by atoms with Gasteiger partial charge in [-0.2, -0.15) is 0 Å². The number of benzene rings is 1. The average Bonchev–Trinajstić information content (AvgIpc) is 2.71. The number of carbonyl (C=O) groups excluding carboxylic acids is 2. The van der Waals surface area contributed by atoms with Crippen molar-refractivity contribution >= 4 is 17.4 Å². The lowest BCUT2D eigenvalue weighted by molar-refractivity contribution is -0.384. The van der Waals surface area contributed by atoms with Crippen LogP contribution >= 0.6 is 0 Å². The van der Waals surface area contributed by atoms with Crippen LogP contribution in [0.5, 0.6) is 0 Å².